The van der Waals surface area contributed by atoms with Crippen LogP contribution in [0.4, 0.5) is 11.4 Å². The third kappa shape index (κ3) is 7.97. The van der Waals surface area contributed by atoms with Crippen molar-refractivity contribution in [2.75, 3.05) is 17.2 Å². The summed E-state index contributed by atoms with van der Waals surface area (Å²) in [5, 5.41) is 8.71. The van der Waals surface area contributed by atoms with Crippen LogP contribution in [0.2, 0.25) is 0 Å². The number of carbonyl (C=O) groups is 2. The molecule has 3 aromatic carbocycles. The fraction of sp³-hybridized carbons (Fsp3) is 0.192. The second-order valence-corrected chi connectivity index (χ2v) is 8.83. The van der Waals surface area contributed by atoms with Crippen LogP contribution < -0.4 is 20.7 Å². The summed E-state index contributed by atoms with van der Waals surface area (Å²) in [5.74, 6) is 0.0763. The molecule has 0 aliphatic rings. The van der Waals surface area contributed by atoms with Crippen LogP contribution in [-0.2, 0) is 11.2 Å². The molecule has 3 rings (SSSR count). The molecule has 6 nitrogen and oxygen atoms in total. The zero-order chi connectivity index (χ0) is 24.3. The summed E-state index contributed by atoms with van der Waals surface area (Å²) in [5.41, 5.74) is 2.88. The molecule has 176 valence electrons. The molecule has 0 atom stereocenters. The number of ether oxygens (including phenoxy) is 1. The number of thiocarbonyl (C=S) groups is 1. The van der Waals surface area contributed by atoms with E-state index in [1.54, 1.807) is 36.4 Å². The highest BCUT2D eigenvalue weighted by atomic mass is 79.9. The quantitative estimate of drug-likeness (QED) is 0.293. The van der Waals surface area contributed by atoms with Gasteiger partial charge in [-0.1, -0.05) is 53.2 Å². The van der Waals surface area contributed by atoms with Gasteiger partial charge in [0.05, 0.1) is 12.2 Å². The standard InChI is InChI=1S/C26H26BrN3O3S/c1-2-16-33-23-14-9-19(27)17-22(23)25(32)30-26(34)29-21-12-10-20(11-13-21)28-24(31)15-8-18-6-4-3-5-7-18/h3-7,9-14,17H,2,8,15-16H2,1H3,(H,28,31)(H2,29,30,32,34). The van der Waals surface area contributed by atoms with Gasteiger partial charge in [0.1, 0.15) is 5.75 Å². The van der Waals surface area contributed by atoms with Crippen molar-refractivity contribution in [1.29, 1.82) is 0 Å². The summed E-state index contributed by atoms with van der Waals surface area (Å²) in [6.07, 6.45) is 1.92. The average molecular weight is 540 g/mol. The van der Waals surface area contributed by atoms with E-state index >= 15 is 0 Å². The number of halogens is 1. The van der Waals surface area contributed by atoms with Crippen LogP contribution in [0.1, 0.15) is 35.7 Å². The molecule has 0 aliphatic carbocycles. The topological polar surface area (TPSA) is 79.5 Å². The Hall–Kier alpha value is -3.23. The first-order valence-electron chi connectivity index (χ1n) is 10.9. The van der Waals surface area contributed by atoms with Crippen molar-refractivity contribution >= 4 is 56.4 Å². The van der Waals surface area contributed by atoms with Crippen molar-refractivity contribution in [2.45, 2.75) is 26.2 Å². The number of rotatable bonds is 9. The van der Waals surface area contributed by atoms with Crippen LogP contribution in [0.3, 0.4) is 0 Å². The number of hydrogen-bond donors (Lipinski definition) is 3. The number of aryl methyl sites for hydroxylation is 1. The van der Waals surface area contributed by atoms with Crippen LogP contribution in [0.15, 0.2) is 77.3 Å². The van der Waals surface area contributed by atoms with Gasteiger partial charge in [-0.15, -0.1) is 0 Å². The van der Waals surface area contributed by atoms with Crippen molar-refractivity contribution < 1.29 is 14.3 Å². The number of anilines is 2. The van der Waals surface area contributed by atoms with E-state index in [9.17, 15) is 9.59 Å². The molecule has 8 heteroatoms. The monoisotopic (exact) mass is 539 g/mol. The van der Waals surface area contributed by atoms with Crippen LogP contribution >= 0.6 is 28.1 Å². The largest absolute Gasteiger partial charge is 0.493 e. The maximum absolute atomic E-state index is 12.7. The van der Waals surface area contributed by atoms with Crippen molar-refractivity contribution in [3.8, 4) is 5.75 Å². The number of nitrogens with one attached hydrogen (secondary N) is 3. The lowest BCUT2D eigenvalue weighted by molar-refractivity contribution is -0.116. The van der Waals surface area contributed by atoms with Gasteiger partial charge in [-0.2, -0.15) is 0 Å². The van der Waals surface area contributed by atoms with Gasteiger partial charge in [-0.25, -0.2) is 0 Å². The van der Waals surface area contributed by atoms with Crippen LogP contribution in [0.5, 0.6) is 5.75 Å². The van der Waals surface area contributed by atoms with Gasteiger partial charge in [0.15, 0.2) is 5.11 Å². The second kappa shape index (κ2) is 12.9. The zero-order valence-electron chi connectivity index (χ0n) is 18.8. The van der Waals surface area contributed by atoms with Crippen molar-refractivity contribution in [3.05, 3.63) is 88.4 Å². The molecule has 0 aliphatic heterocycles. The molecule has 3 N–H and O–H groups in total. The fourth-order valence-electron chi connectivity index (χ4n) is 3.11. The van der Waals surface area contributed by atoms with E-state index in [0.717, 1.165) is 16.5 Å². The zero-order valence-corrected chi connectivity index (χ0v) is 21.2. The molecule has 34 heavy (non-hydrogen) atoms. The Labute approximate surface area is 213 Å². The molecule has 0 heterocycles. The highest BCUT2D eigenvalue weighted by Gasteiger charge is 2.15. The predicted molar refractivity (Wildman–Crippen MR) is 143 cm³/mol. The summed E-state index contributed by atoms with van der Waals surface area (Å²) >= 11 is 8.68. The Bertz CT molecular complexity index is 1140. The van der Waals surface area contributed by atoms with Gasteiger partial charge in [-0.05, 0) is 73.1 Å². The van der Waals surface area contributed by atoms with Crippen LogP contribution in [-0.4, -0.2) is 23.5 Å². The number of carbonyl (C=O) groups excluding carboxylic acids is 2. The minimum Gasteiger partial charge on any atom is -0.493 e. The van der Waals surface area contributed by atoms with Crippen molar-refractivity contribution in [3.63, 3.8) is 0 Å². The molecule has 0 saturated carbocycles. The highest BCUT2D eigenvalue weighted by molar-refractivity contribution is 9.10. The SMILES string of the molecule is CCCOc1ccc(Br)cc1C(=O)NC(=S)Nc1ccc(NC(=O)CCc2ccccc2)cc1. The van der Waals surface area contributed by atoms with E-state index in [1.165, 1.54) is 0 Å². The van der Waals surface area contributed by atoms with Crippen LogP contribution in [0.25, 0.3) is 0 Å². The van der Waals surface area contributed by atoms with E-state index in [0.29, 0.717) is 42.1 Å². The maximum atomic E-state index is 12.7. The first-order chi connectivity index (χ1) is 16.4. The normalized spacial score (nSPS) is 10.3. The number of benzene rings is 3. The molecule has 0 saturated heterocycles. The molecule has 3 aromatic rings. The molecule has 2 amide bonds. The molecule has 0 fully saturated rings. The smallest absolute Gasteiger partial charge is 0.261 e. The van der Waals surface area contributed by atoms with Gasteiger partial charge >= 0.3 is 0 Å². The first-order valence-corrected chi connectivity index (χ1v) is 12.1. The third-order valence-electron chi connectivity index (χ3n) is 4.79. The summed E-state index contributed by atoms with van der Waals surface area (Å²) < 4.78 is 6.44. The van der Waals surface area contributed by atoms with Crippen molar-refractivity contribution in [1.82, 2.24) is 5.32 Å². The van der Waals surface area contributed by atoms with Gasteiger partial charge in [0.25, 0.3) is 5.91 Å². The van der Waals surface area contributed by atoms with Gasteiger partial charge in [0.2, 0.25) is 5.91 Å². The Morgan fingerprint density at radius 3 is 2.29 bits per heavy atom. The second-order valence-electron chi connectivity index (χ2n) is 7.51. The van der Waals surface area contributed by atoms with Gasteiger partial charge < -0.3 is 15.4 Å². The maximum Gasteiger partial charge on any atom is 0.261 e. The first kappa shape index (κ1) is 25.4. The van der Waals surface area contributed by atoms with Gasteiger partial charge in [-0.3, -0.25) is 14.9 Å². The Kier molecular flexibility index (Phi) is 9.61. The Morgan fingerprint density at radius 1 is 0.941 bits per heavy atom. The van der Waals surface area contributed by atoms with Crippen molar-refractivity contribution in [2.24, 2.45) is 0 Å². The predicted octanol–water partition coefficient (Wildman–Crippen LogP) is 5.94. The van der Waals surface area contributed by atoms with Gasteiger partial charge in [0, 0.05) is 22.3 Å². The molecule has 0 bridgehead atoms. The summed E-state index contributed by atoms with van der Waals surface area (Å²) in [6.45, 7) is 2.51. The molecular formula is C26H26BrN3O3S. The van der Waals surface area contributed by atoms with E-state index in [4.69, 9.17) is 17.0 Å². The average Bonchev–Trinajstić information content (AvgIpc) is 2.83. The Balaban J connectivity index is 1.51. The van der Waals surface area contributed by atoms with Crippen LogP contribution in [0, 0.1) is 0 Å². The molecule has 0 aromatic heterocycles. The van der Waals surface area contributed by atoms with E-state index in [-0.39, 0.29) is 16.9 Å². The number of hydrogen-bond acceptors (Lipinski definition) is 4. The summed E-state index contributed by atoms with van der Waals surface area (Å²) in [4.78, 5) is 24.9. The summed E-state index contributed by atoms with van der Waals surface area (Å²) in [7, 11) is 0. The molecule has 0 unspecified atom stereocenters. The van der Waals surface area contributed by atoms with E-state index < -0.39 is 0 Å². The minimum absolute atomic E-state index is 0.0533. The fourth-order valence-corrected chi connectivity index (χ4v) is 3.68. The minimum atomic E-state index is -0.368. The highest BCUT2D eigenvalue weighted by Crippen LogP contribution is 2.23. The third-order valence-corrected chi connectivity index (χ3v) is 5.48. The molecule has 0 spiro atoms. The number of amides is 2. The Morgan fingerprint density at radius 2 is 1.62 bits per heavy atom. The van der Waals surface area contributed by atoms with E-state index in [2.05, 4.69) is 31.9 Å². The lowest BCUT2D eigenvalue weighted by Crippen LogP contribution is -2.34. The van der Waals surface area contributed by atoms with E-state index in [1.807, 2.05) is 43.3 Å². The molecule has 0 radical (unpaired) electrons. The summed E-state index contributed by atoms with van der Waals surface area (Å²) in [6, 6.07) is 22.3. The lowest BCUT2D eigenvalue weighted by Gasteiger charge is -2.13. The molecular weight excluding hydrogens is 514 g/mol. The lowest BCUT2D eigenvalue weighted by atomic mass is 10.1.